The molecule has 0 saturated carbocycles. The second-order valence-electron chi connectivity index (χ2n) is 2.78. The smallest absolute Gasteiger partial charge is 0.0931 e. The summed E-state index contributed by atoms with van der Waals surface area (Å²) in [6.45, 7) is 6.15. The topological polar surface area (TPSA) is 28.7 Å². The van der Waals surface area contributed by atoms with Crippen LogP contribution >= 0.6 is 0 Å². The van der Waals surface area contributed by atoms with Crippen molar-refractivity contribution in [3.8, 4) is 0 Å². The molecule has 0 bridgehead atoms. The number of allylic oxidation sites excluding steroid dienone is 2. The summed E-state index contributed by atoms with van der Waals surface area (Å²) >= 11 is 0. The molecule has 70 valence electrons. The number of aromatic amines is 1. The van der Waals surface area contributed by atoms with Gasteiger partial charge in [0.15, 0.2) is 0 Å². The Labute approximate surface area is 78.7 Å². The Morgan fingerprint density at radius 1 is 1.38 bits per heavy atom. The maximum absolute atomic E-state index is 4.18. The molecule has 0 saturated heterocycles. The van der Waals surface area contributed by atoms with Gasteiger partial charge in [-0.05, 0) is 18.1 Å². The first-order valence-corrected chi connectivity index (χ1v) is 4.76. The lowest BCUT2D eigenvalue weighted by Crippen LogP contribution is -2.23. The van der Waals surface area contributed by atoms with Crippen LogP contribution < -0.4 is 10.7 Å². The Hall–Kier alpha value is -1.31. The number of nitrogens with one attached hydrogen (secondary N) is 1. The molecule has 1 aliphatic rings. The van der Waals surface area contributed by atoms with Crippen molar-refractivity contribution in [1.29, 1.82) is 0 Å². The van der Waals surface area contributed by atoms with Crippen molar-refractivity contribution in [2.45, 2.75) is 20.8 Å². The average Bonchev–Trinajstić information content (AvgIpc) is 2.50. The van der Waals surface area contributed by atoms with E-state index in [2.05, 4.69) is 35.1 Å². The Balaban J connectivity index is 0.000000396. The van der Waals surface area contributed by atoms with Crippen LogP contribution in [0, 0.1) is 5.92 Å². The molecule has 1 aliphatic carbocycles. The summed E-state index contributed by atoms with van der Waals surface area (Å²) in [5, 5.41) is 2.16. The van der Waals surface area contributed by atoms with Gasteiger partial charge < -0.3 is 4.98 Å². The van der Waals surface area contributed by atoms with Gasteiger partial charge in [0.2, 0.25) is 0 Å². The van der Waals surface area contributed by atoms with Gasteiger partial charge in [-0.25, -0.2) is 4.98 Å². The van der Waals surface area contributed by atoms with Gasteiger partial charge in [-0.2, -0.15) is 0 Å². The highest BCUT2D eigenvalue weighted by atomic mass is 14.8. The first kappa shape index (κ1) is 9.78. The van der Waals surface area contributed by atoms with Gasteiger partial charge in [0.05, 0.1) is 17.0 Å². The highest BCUT2D eigenvalue weighted by Crippen LogP contribution is 1.98. The highest BCUT2D eigenvalue weighted by Gasteiger charge is 1.95. The van der Waals surface area contributed by atoms with Crippen molar-refractivity contribution in [3.05, 3.63) is 29.2 Å². The molecule has 0 fully saturated rings. The van der Waals surface area contributed by atoms with Crippen molar-refractivity contribution in [1.82, 2.24) is 9.97 Å². The molecule has 0 amide bonds. The largest absolute Gasteiger partial charge is 0.345 e. The summed E-state index contributed by atoms with van der Waals surface area (Å²) in [6.07, 6.45) is 10.1. The number of fused-ring (bicyclic) bond motifs is 1. The van der Waals surface area contributed by atoms with E-state index in [1.807, 2.05) is 19.9 Å². The number of H-pyrrole nitrogens is 1. The lowest BCUT2D eigenvalue weighted by Gasteiger charge is -1.91. The molecule has 13 heavy (non-hydrogen) atoms. The second kappa shape index (κ2) is 4.65. The summed E-state index contributed by atoms with van der Waals surface area (Å²) < 4.78 is 0. The number of aromatic nitrogens is 2. The fourth-order valence-electron chi connectivity index (χ4n) is 1.21. The van der Waals surface area contributed by atoms with Gasteiger partial charge in [0, 0.05) is 0 Å². The molecule has 1 N–H and O–H groups in total. The van der Waals surface area contributed by atoms with E-state index in [-0.39, 0.29) is 0 Å². The van der Waals surface area contributed by atoms with Crippen molar-refractivity contribution >= 4 is 12.2 Å². The summed E-state index contributed by atoms with van der Waals surface area (Å²) in [6, 6.07) is 0. The minimum absolute atomic E-state index is 0.482. The van der Waals surface area contributed by atoms with E-state index in [9.17, 15) is 0 Å². The van der Waals surface area contributed by atoms with E-state index in [4.69, 9.17) is 0 Å². The van der Waals surface area contributed by atoms with Gasteiger partial charge in [-0.3, -0.25) is 0 Å². The van der Waals surface area contributed by atoms with Gasteiger partial charge in [-0.1, -0.05) is 32.9 Å². The van der Waals surface area contributed by atoms with Crippen molar-refractivity contribution < 1.29 is 0 Å². The number of hydrogen-bond acceptors (Lipinski definition) is 1. The molecule has 0 radical (unpaired) electrons. The van der Waals surface area contributed by atoms with Crippen LogP contribution in [-0.2, 0) is 0 Å². The maximum atomic E-state index is 4.18. The van der Waals surface area contributed by atoms with Crippen LogP contribution in [0.5, 0.6) is 0 Å². The van der Waals surface area contributed by atoms with Crippen molar-refractivity contribution in [2.24, 2.45) is 5.92 Å². The molecule has 1 aromatic heterocycles. The first-order chi connectivity index (χ1) is 6.36. The SMILES string of the molecule is CC.CC1C=CC=c2[nH]cnc2=C1. The molecular formula is C11H16N2. The van der Waals surface area contributed by atoms with Crippen LogP contribution in [0.1, 0.15) is 20.8 Å². The third-order valence-corrected chi connectivity index (χ3v) is 1.80. The Morgan fingerprint density at radius 2 is 2.15 bits per heavy atom. The van der Waals surface area contributed by atoms with Crippen LogP contribution in [0.3, 0.4) is 0 Å². The number of hydrogen-bond donors (Lipinski definition) is 1. The molecule has 1 atom stereocenters. The third-order valence-electron chi connectivity index (χ3n) is 1.80. The average molecular weight is 176 g/mol. The van der Waals surface area contributed by atoms with Crippen molar-refractivity contribution in [3.63, 3.8) is 0 Å². The third kappa shape index (κ3) is 2.31. The number of rotatable bonds is 0. The lowest BCUT2D eigenvalue weighted by molar-refractivity contribution is 0.992. The normalized spacial score (nSPS) is 18.5. The summed E-state index contributed by atoms with van der Waals surface area (Å²) in [7, 11) is 0. The predicted octanol–water partition coefficient (Wildman–Crippen LogP) is 1.20. The predicted molar refractivity (Wildman–Crippen MR) is 56.4 cm³/mol. The molecule has 2 rings (SSSR count). The maximum Gasteiger partial charge on any atom is 0.0931 e. The Morgan fingerprint density at radius 3 is 2.92 bits per heavy atom. The van der Waals surface area contributed by atoms with Crippen LogP contribution in [0.2, 0.25) is 0 Å². The van der Waals surface area contributed by atoms with Gasteiger partial charge in [0.1, 0.15) is 0 Å². The summed E-state index contributed by atoms with van der Waals surface area (Å²) in [5.74, 6) is 0.482. The summed E-state index contributed by atoms with van der Waals surface area (Å²) in [4.78, 5) is 7.25. The zero-order valence-corrected chi connectivity index (χ0v) is 8.41. The molecule has 2 nitrogen and oxygen atoms in total. The van der Waals surface area contributed by atoms with E-state index in [0.717, 1.165) is 10.7 Å². The zero-order valence-electron chi connectivity index (χ0n) is 8.41. The Bertz CT molecular complexity index is 384. The molecular weight excluding hydrogens is 160 g/mol. The molecule has 1 heterocycles. The van der Waals surface area contributed by atoms with E-state index in [1.165, 1.54) is 0 Å². The van der Waals surface area contributed by atoms with Crippen LogP contribution in [-0.4, -0.2) is 9.97 Å². The lowest BCUT2D eigenvalue weighted by atomic mass is 10.2. The van der Waals surface area contributed by atoms with E-state index in [1.54, 1.807) is 6.33 Å². The van der Waals surface area contributed by atoms with Gasteiger partial charge in [0.25, 0.3) is 0 Å². The molecule has 0 spiro atoms. The minimum Gasteiger partial charge on any atom is -0.345 e. The summed E-state index contributed by atoms with van der Waals surface area (Å²) in [5.41, 5.74) is 0. The highest BCUT2D eigenvalue weighted by molar-refractivity contribution is 5.42. The molecule has 0 aliphatic heterocycles. The molecule has 0 aromatic carbocycles. The molecule has 2 heteroatoms. The monoisotopic (exact) mass is 176 g/mol. The van der Waals surface area contributed by atoms with Crippen molar-refractivity contribution in [2.75, 3.05) is 0 Å². The quantitative estimate of drug-likeness (QED) is 0.632. The van der Waals surface area contributed by atoms with E-state index < -0.39 is 0 Å². The fourth-order valence-corrected chi connectivity index (χ4v) is 1.21. The Kier molecular flexibility index (Phi) is 3.50. The number of nitrogens with zero attached hydrogens (tertiary/aromatic N) is 1. The minimum atomic E-state index is 0.482. The molecule has 1 aromatic rings. The molecule has 1 unspecified atom stereocenters. The van der Waals surface area contributed by atoms with Gasteiger partial charge in [-0.15, -0.1) is 0 Å². The fraction of sp³-hybridized carbons (Fsp3) is 0.364. The first-order valence-electron chi connectivity index (χ1n) is 4.76. The van der Waals surface area contributed by atoms with Gasteiger partial charge >= 0.3 is 0 Å². The van der Waals surface area contributed by atoms with E-state index >= 15 is 0 Å². The van der Waals surface area contributed by atoms with E-state index in [0.29, 0.717) is 5.92 Å². The zero-order chi connectivity index (χ0) is 9.68. The standard InChI is InChI=1S/C9H10N2.C2H6/c1-7-3-2-4-8-9(5-7)11-6-10-8;1-2/h2-7H,1H3,(H,10,11);1-2H3. The van der Waals surface area contributed by atoms with Crippen LogP contribution in [0.25, 0.3) is 12.2 Å². The second-order valence-corrected chi connectivity index (χ2v) is 2.78. The van der Waals surface area contributed by atoms with Crippen LogP contribution in [0.4, 0.5) is 0 Å². The van der Waals surface area contributed by atoms with Crippen LogP contribution in [0.15, 0.2) is 18.5 Å². The number of imidazole rings is 1.